The fourth-order valence-electron chi connectivity index (χ4n) is 2.74. The van der Waals surface area contributed by atoms with Gasteiger partial charge >= 0.3 is 12.0 Å². The van der Waals surface area contributed by atoms with E-state index in [9.17, 15) is 9.59 Å². The third-order valence-corrected chi connectivity index (χ3v) is 4.12. The maximum Gasteiger partial charge on any atom is 0.317 e. The number of nitrogens with one attached hydrogen (secondary N) is 1. The number of nitrogens with zero attached hydrogens (tertiary/aromatic N) is 1. The second-order valence-corrected chi connectivity index (χ2v) is 6.09. The molecule has 2 N–H and O–H groups in total. The maximum absolute atomic E-state index is 11.9. The highest BCUT2D eigenvalue weighted by Gasteiger charge is 2.19. The molecule has 116 valence electrons. The molecule has 1 rings (SSSR count). The van der Waals surface area contributed by atoms with E-state index in [1.165, 1.54) is 25.7 Å². The van der Waals surface area contributed by atoms with E-state index in [4.69, 9.17) is 5.11 Å². The number of carboxylic acid groups (broad SMARTS) is 1. The molecule has 5 heteroatoms. The molecule has 1 saturated carbocycles. The lowest BCUT2D eigenvalue weighted by Gasteiger charge is -2.22. The highest BCUT2D eigenvalue weighted by Crippen LogP contribution is 2.25. The van der Waals surface area contributed by atoms with Crippen LogP contribution in [0, 0.1) is 11.8 Å². The van der Waals surface area contributed by atoms with Gasteiger partial charge in [-0.1, -0.05) is 19.8 Å². The van der Waals surface area contributed by atoms with Crippen molar-refractivity contribution in [1.82, 2.24) is 10.2 Å². The molecule has 0 aliphatic heterocycles. The number of hydrogen-bond acceptors (Lipinski definition) is 2. The van der Waals surface area contributed by atoms with Gasteiger partial charge in [0, 0.05) is 26.6 Å². The van der Waals surface area contributed by atoms with E-state index in [-0.39, 0.29) is 12.5 Å². The van der Waals surface area contributed by atoms with Crippen LogP contribution < -0.4 is 5.32 Å². The number of aliphatic carboxylic acids is 1. The highest BCUT2D eigenvalue weighted by atomic mass is 16.4. The minimum Gasteiger partial charge on any atom is -0.481 e. The molecule has 2 amide bonds. The summed E-state index contributed by atoms with van der Waals surface area (Å²) in [5, 5.41) is 11.5. The van der Waals surface area contributed by atoms with Gasteiger partial charge in [-0.25, -0.2) is 4.79 Å². The zero-order valence-corrected chi connectivity index (χ0v) is 12.7. The molecule has 1 aliphatic rings. The third-order valence-electron chi connectivity index (χ3n) is 4.12. The number of rotatable bonds is 8. The average molecular weight is 284 g/mol. The van der Waals surface area contributed by atoms with Crippen LogP contribution in [0.5, 0.6) is 0 Å². The number of urea groups is 1. The average Bonchev–Trinajstić information content (AvgIpc) is 2.89. The Morgan fingerprint density at radius 2 is 1.95 bits per heavy atom. The van der Waals surface area contributed by atoms with Gasteiger partial charge in [0.05, 0.1) is 0 Å². The Morgan fingerprint density at radius 1 is 1.30 bits per heavy atom. The quantitative estimate of drug-likeness (QED) is 0.720. The van der Waals surface area contributed by atoms with Gasteiger partial charge in [0.25, 0.3) is 0 Å². The smallest absolute Gasteiger partial charge is 0.317 e. The monoisotopic (exact) mass is 284 g/mol. The van der Waals surface area contributed by atoms with Crippen molar-refractivity contribution < 1.29 is 14.7 Å². The predicted molar refractivity (Wildman–Crippen MR) is 78.6 cm³/mol. The summed E-state index contributed by atoms with van der Waals surface area (Å²) in [7, 11) is 1.85. The van der Waals surface area contributed by atoms with Crippen molar-refractivity contribution in [2.24, 2.45) is 11.8 Å². The van der Waals surface area contributed by atoms with Crippen molar-refractivity contribution in [3.05, 3.63) is 0 Å². The predicted octanol–water partition coefficient (Wildman–Crippen LogP) is 2.71. The molecule has 1 fully saturated rings. The summed E-state index contributed by atoms with van der Waals surface area (Å²) in [6.45, 7) is 3.49. The summed E-state index contributed by atoms with van der Waals surface area (Å²) >= 11 is 0. The van der Waals surface area contributed by atoms with Gasteiger partial charge < -0.3 is 15.3 Å². The van der Waals surface area contributed by atoms with Gasteiger partial charge in [0.15, 0.2) is 0 Å². The van der Waals surface area contributed by atoms with E-state index in [0.29, 0.717) is 24.8 Å². The van der Waals surface area contributed by atoms with E-state index >= 15 is 0 Å². The van der Waals surface area contributed by atoms with Crippen LogP contribution in [-0.4, -0.2) is 42.1 Å². The fourth-order valence-corrected chi connectivity index (χ4v) is 2.74. The van der Waals surface area contributed by atoms with Gasteiger partial charge in [0.1, 0.15) is 0 Å². The molecule has 0 radical (unpaired) electrons. The van der Waals surface area contributed by atoms with Crippen molar-refractivity contribution in [3.8, 4) is 0 Å². The zero-order chi connectivity index (χ0) is 15.0. The molecular weight excluding hydrogens is 256 g/mol. The van der Waals surface area contributed by atoms with Crippen molar-refractivity contribution in [1.29, 1.82) is 0 Å². The minimum atomic E-state index is -0.753. The molecule has 20 heavy (non-hydrogen) atoms. The standard InChI is InChI=1S/C15H28N2O3/c1-12(7-8-14(18)19)9-10-16-15(20)17(2)11-13-5-3-4-6-13/h12-13H,3-11H2,1-2H3,(H,16,20)(H,18,19). The lowest BCUT2D eigenvalue weighted by Crippen LogP contribution is -2.40. The van der Waals surface area contributed by atoms with Gasteiger partial charge in [-0.05, 0) is 37.5 Å². The van der Waals surface area contributed by atoms with Crippen molar-refractivity contribution in [2.75, 3.05) is 20.1 Å². The Labute approximate surface area is 121 Å². The lowest BCUT2D eigenvalue weighted by molar-refractivity contribution is -0.137. The molecule has 0 aromatic heterocycles. The molecule has 0 spiro atoms. The normalized spacial score (nSPS) is 16.9. The number of carboxylic acids is 1. The summed E-state index contributed by atoms with van der Waals surface area (Å²) in [6, 6.07) is -0.0117. The first kappa shape index (κ1) is 16.8. The molecule has 1 atom stereocenters. The second-order valence-electron chi connectivity index (χ2n) is 6.09. The molecule has 0 bridgehead atoms. The van der Waals surface area contributed by atoms with Crippen molar-refractivity contribution >= 4 is 12.0 Å². The van der Waals surface area contributed by atoms with Crippen LogP contribution in [0.25, 0.3) is 0 Å². The topological polar surface area (TPSA) is 69.6 Å². The highest BCUT2D eigenvalue weighted by molar-refractivity contribution is 5.73. The van der Waals surface area contributed by atoms with Crippen molar-refractivity contribution in [2.45, 2.75) is 51.9 Å². The Balaban J connectivity index is 2.10. The number of amides is 2. The summed E-state index contributed by atoms with van der Waals surface area (Å²) in [5.74, 6) is 0.240. The molecular formula is C15H28N2O3. The van der Waals surface area contributed by atoms with Gasteiger partial charge in [-0.2, -0.15) is 0 Å². The van der Waals surface area contributed by atoms with Gasteiger partial charge in [-0.3, -0.25) is 4.79 Å². The Bertz CT molecular complexity index is 314. The lowest BCUT2D eigenvalue weighted by atomic mass is 10.0. The molecule has 0 heterocycles. The van der Waals surface area contributed by atoms with Gasteiger partial charge in [-0.15, -0.1) is 0 Å². The van der Waals surface area contributed by atoms with E-state index in [1.54, 1.807) is 4.90 Å². The minimum absolute atomic E-state index is 0.0117. The molecule has 0 aromatic rings. The van der Waals surface area contributed by atoms with E-state index < -0.39 is 5.97 Å². The maximum atomic E-state index is 11.9. The number of carbonyl (C=O) groups excluding carboxylic acids is 1. The largest absolute Gasteiger partial charge is 0.481 e. The Kier molecular flexibility index (Phi) is 7.41. The fraction of sp³-hybridized carbons (Fsp3) is 0.867. The van der Waals surface area contributed by atoms with Crippen LogP contribution in [-0.2, 0) is 4.79 Å². The number of hydrogen-bond donors (Lipinski definition) is 2. The first-order chi connectivity index (χ1) is 9.49. The molecule has 0 saturated heterocycles. The molecule has 1 unspecified atom stereocenters. The summed E-state index contributed by atoms with van der Waals surface area (Å²) in [5.41, 5.74) is 0. The van der Waals surface area contributed by atoms with Crippen LogP contribution in [0.4, 0.5) is 4.79 Å². The van der Waals surface area contributed by atoms with Crippen LogP contribution in [0.3, 0.4) is 0 Å². The summed E-state index contributed by atoms with van der Waals surface area (Å²) in [6.07, 6.45) is 6.77. The second kappa shape index (κ2) is 8.82. The zero-order valence-electron chi connectivity index (χ0n) is 12.7. The Morgan fingerprint density at radius 3 is 2.55 bits per heavy atom. The van der Waals surface area contributed by atoms with Crippen LogP contribution in [0.15, 0.2) is 0 Å². The van der Waals surface area contributed by atoms with Crippen LogP contribution in [0.1, 0.15) is 51.9 Å². The first-order valence-electron chi connectivity index (χ1n) is 7.69. The summed E-state index contributed by atoms with van der Waals surface area (Å²) < 4.78 is 0. The van der Waals surface area contributed by atoms with Crippen LogP contribution in [0.2, 0.25) is 0 Å². The van der Waals surface area contributed by atoms with Crippen molar-refractivity contribution in [3.63, 3.8) is 0 Å². The van der Waals surface area contributed by atoms with Crippen LogP contribution >= 0.6 is 0 Å². The first-order valence-corrected chi connectivity index (χ1v) is 7.69. The van der Waals surface area contributed by atoms with E-state index in [2.05, 4.69) is 5.32 Å². The molecule has 0 aromatic carbocycles. The van der Waals surface area contributed by atoms with Gasteiger partial charge in [0.2, 0.25) is 0 Å². The molecule has 5 nitrogen and oxygen atoms in total. The summed E-state index contributed by atoms with van der Waals surface area (Å²) in [4.78, 5) is 24.1. The SMILES string of the molecule is CC(CCNC(=O)N(C)CC1CCCC1)CCC(=O)O. The Hall–Kier alpha value is -1.26. The number of carbonyl (C=O) groups is 2. The molecule has 1 aliphatic carbocycles. The third kappa shape index (κ3) is 6.78. The van der Waals surface area contributed by atoms with E-state index in [0.717, 1.165) is 13.0 Å². The van der Waals surface area contributed by atoms with E-state index in [1.807, 2.05) is 14.0 Å².